The Labute approximate surface area is 245 Å². The van der Waals surface area contributed by atoms with Crippen LogP contribution in [0.4, 0.5) is 0 Å². The number of carbonyl (C=O) groups excluding carboxylic acids is 2. The van der Waals surface area contributed by atoms with Crippen LogP contribution in [0.5, 0.6) is 0 Å². The number of rotatable bonds is 15. The molecule has 5 nitrogen and oxygen atoms in total. The fraction of sp³-hybridized carbons (Fsp3) is 0.636. The number of amides is 2. The Morgan fingerprint density at radius 1 is 1.03 bits per heavy atom. The molecule has 2 aromatic rings. The summed E-state index contributed by atoms with van der Waals surface area (Å²) in [5.74, 6) is 0.765. The van der Waals surface area contributed by atoms with E-state index in [-0.39, 0.29) is 30.3 Å². The van der Waals surface area contributed by atoms with Gasteiger partial charge in [0, 0.05) is 41.4 Å². The zero-order chi connectivity index (χ0) is 28.2. The highest BCUT2D eigenvalue weighted by Crippen LogP contribution is 2.26. The van der Waals surface area contributed by atoms with Gasteiger partial charge in [-0.25, -0.2) is 0 Å². The first-order valence-corrected chi connectivity index (χ1v) is 16.1. The number of carbonyl (C=O) groups is 2. The molecule has 1 aliphatic rings. The smallest absolute Gasteiger partial charge is 0.242 e. The fourth-order valence-corrected chi connectivity index (χ4v) is 5.93. The van der Waals surface area contributed by atoms with E-state index in [1.807, 2.05) is 4.90 Å². The summed E-state index contributed by atoms with van der Waals surface area (Å²) in [5.41, 5.74) is 2.38. The van der Waals surface area contributed by atoms with Crippen LogP contribution in [0.25, 0.3) is 0 Å². The number of hydrogen-bond acceptors (Lipinski definition) is 2. The van der Waals surface area contributed by atoms with E-state index in [0.717, 1.165) is 61.7 Å². The number of nitrogens with zero attached hydrogens (tertiary/aromatic N) is 3. The van der Waals surface area contributed by atoms with Crippen molar-refractivity contribution in [3.63, 3.8) is 0 Å². The maximum absolute atomic E-state index is 14.1. The maximum Gasteiger partial charge on any atom is 0.242 e. The molecule has 1 atom stereocenters. The Balaban J connectivity index is 1.80. The van der Waals surface area contributed by atoms with Gasteiger partial charge in [-0.15, -0.1) is 0 Å². The van der Waals surface area contributed by atoms with Crippen LogP contribution >= 0.6 is 15.9 Å². The molecule has 0 saturated heterocycles. The van der Waals surface area contributed by atoms with Gasteiger partial charge in [-0.2, -0.15) is 0 Å². The van der Waals surface area contributed by atoms with E-state index in [1.54, 1.807) is 0 Å². The Morgan fingerprint density at radius 3 is 2.38 bits per heavy atom. The quantitative estimate of drug-likeness (QED) is 0.208. The van der Waals surface area contributed by atoms with E-state index in [0.29, 0.717) is 19.0 Å². The third-order valence-electron chi connectivity index (χ3n) is 8.22. The highest BCUT2D eigenvalue weighted by molar-refractivity contribution is 9.10. The molecule has 1 aliphatic carbocycles. The van der Waals surface area contributed by atoms with Gasteiger partial charge in [0.2, 0.25) is 11.8 Å². The second-order valence-corrected chi connectivity index (χ2v) is 12.7. The van der Waals surface area contributed by atoms with Crippen molar-refractivity contribution in [2.45, 2.75) is 111 Å². The second-order valence-electron chi connectivity index (χ2n) is 11.8. The van der Waals surface area contributed by atoms with Crippen molar-refractivity contribution in [2.75, 3.05) is 13.1 Å². The van der Waals surface area contributed by atoms with Gasteiger partial charge in [0.25, 0.3) is 0 Å². The van der Waals surface area contributed by atoms with Gasteiger partial charge < -0.3 is 14.4 Å². The lowest BCUT2D eigenvalue weighted by atomic mass is 9.93. The van der Waals surface area contributed by atoms with E-state index < -0.39 is 0 Å². The summed E-state index contributed by atoms with van der Waals surface area (Å²) < 4.78 is 3.33. The van der Waals surface area contributed by atoms with Gasteiger partial charge in [-0.3, -0.25) is 9.59 Å². The second kappa shape index (κ2) is 16.2. The summed E-state index contributed by atoms with van der Waals surface area (Å²) in [7, 11) is 0. The fourth-order valence-electron chi connectivity index (χ4n) is 5.67. The topological polar surface area (TPSA) is 45.6 Å². The average molecular weight is 601 g/mol. The van der Waals surface area contributed by atoms with E-state index in [2.05, 4.69) is 95.7 Å². The van der Waals surface area contributed by atoms with Crippen molar-refractivity contribution < 1.29 is 9.59 Å². The van der Waals surface area contributed by atoms with Gasteiger partial charge in [0.1, 0.15) is 0 Å². The molecule has 1 aromatic carbocycles. The molecule has 0 aliphatic heterocycles. The molecule has 1 aromatic heterocycles. The summed E-state index contributed by atoms with van der Waals surface area (Å²) in [4.78, 5) is 31.7. The highest BCUT2D eigenvalue weighted by Gasteiger charge is 2.30. The van der Waals surface area contributed by atoms with Crippen molar-refractivity contribution in [3.8, 4) is 0 Å². The monoisotopic (exact) mass is 599 g/mol. The van der Waals surface area contributed by atoms with E-state index in [4.69, 9.17) is 0 Å². The SMILES string of the molecule is CCCCC(CC)C(=O)N(CCC(C)C)CC(=O)N(Cc1cccn1Cc1ccc(Br)cc1)C1CCCCC1. The molecule has 0 radical (unpaired) electrons. The van der Waals surface area contributed by atoms with Crippen LogP contribution in [0.15, 0.2) is 47.1 Å². The zero-order valence-electron chi connectivity index (χ0n) is 24.7. The molecule has 0 spiro atoms. The summed E-state index contributed by atoms with van der Waals surface area (Å²) in [5, 5.41) is 0. The van der Waals surface area contributed by atoms with Crippen LogP contribution in [-0.4, -0.2) is 45.3 Å². The van der Waals surface area contributed by atoms with Crippen molar-refractivity contribution in [1.29, 1.82) is 0 Å². The lowest BCUT2D eigenvalue weighted by Crippen LogP contribution is -2.49. The van der Waals surface area contributed by atoms with E-state index in [9.17, 15) is 9.59 Å². The Kier molecular flexibility index (Phi) is 13.1. The predicted octanol–water partition coefficient (Wildman–Crippen LogP) is 8.05. The molecule has 216 valence electrons. The van der Waals surface area contributed by atoms with E-state index >= 15 is 0 Å². The van der Waals surface area contributed by atoms with Gasteiger partial charge in [-0.05, 0) is 67.9 Å². The van der Waals surface area contributed by atoms with Crippen molar-refractivity contribution in [3.05, 3.63) is 58.3 Å². The molecular weight excluding hydrogens is 550 g/mol. The molecule has 1 saturated carbocycles. The number of aromatic nitrogens is 1. The number of unbranched alkanes of at least 4 members (excludes halogenated alkanes) is 1. The van der Waals surface area contributed by atoms with Crippen LogP contribution in [0.1, 0.15) is 103 Å². The van der Waals surface area contributed by atoms with Crippen molar-refractivity contribution >= 4 is 27.7 Å². The van der Waals surface area contributed by atoms with Crippen molar-refractivity contribution in [2.24, 2.45) is 11.8 Å². The largest absolute Gasteiger partial charge is 0.345 e. The Morgan fingerprint density at radius 2 is 1.74 bits per heavy atom. The molecule has 6 heteroatoms. The molecule has 1 fully saturated rings. The maximum atomic E-state index is 14.1. The first-order valence-electron chi connectivity index (χ1n) is 15.3. The lowest BCUT2D eigenvalue weighted by Gasteiger charge is -2.37. The minimum Gasteiger partial charge on any atom is -0.345 e. The first-order chi connectivity index (χ1) is 18.8. The van der Waals surface area contributed by atoms with Crippen LogP contribution in [-0.2, 0) is 22.7 Å². The number of hydrogen-bond donors (Lipinski definition) is 0. The van der Waals surface area contributed by atoms with Crippen LogP contribution < -0.4 is 0 Å². The Bertz CT molecular complexity index is 1010. The zero-order valence-corrected chi connectivity index (χ0v) is 26.3. The molecule has 0 bridgehead atoms. The minimum atomic E-state index is 0.0104. The molecular formula is C33H50BrN3O2. The van der Waals surface area contributed by atoms with Gasteiger partial charge >= 0.3 is 0 Å². The molecule has 1 unspecified atom stereocenters. The predicted molar refractivity (Wildman–Crippen MR) is 164 cm³/mol. The Hall–Kier alpha value is -2.08. The first kappa shape index (κ1) is 31.4. The molecule has 1 heterocycles. The normalized spacial score (nSPS) is 14.9. The summed E-state index contributed by atoms with van der Waals surface area (Å²) in [6.07, 6.45) is 12.6. The van der Waals surface area contributed by atoms with Gasteiger partial charge in [0.05, 0.1) is 13.1 Å². The average Bonchev–Trinajstić information content (AvgIpc) is 3.37. The van der Waals surface area contributed by atoms with Gasteiger partial charge in [0.15, 0.2) is 0 Å². The molecule has 0 N–H and O–H groups in total. The lowest BCUT2D eigenvalue weighted by molar-refractivity contribution is -0.145. The molecule has 39 heavy (non-hydrogen) atoms. The standard InChI is InChI=1S/C33H50BrN3O2/c1-5-7-12-28(6-2)33(39)36(22-20-26(3)4)25-32(38)37(30-13-9-8-10-14-30)24-31-15-11-21-35(31)23-27-16-18-29(34)19-17-27/h11,15-19,21,26,28,30H,5-10,12-14,20,22-25H2,1-4H3. The summed E-state index contributed by atoms with van der Waals surface area (Å²) >= 11 is 3.53. The minimum absolute atomic E-state index is 0.0104. The third-order valence-corrected chi connectivity index (χ3v) is 8.75. The number of halogens is 1. The summed E-state index contributed by atoms with van der Waals surface area (Å²) in [6, 6.07) is 12.9. The third kappa shape index (κ3) is 9.81. The van der Waals surface area contributed by atoms with Crippen molar-refractivity contribution in [1.82, 2.24) is 14.4 Å². The van der Waals surface area contributed by atoms with Gasteiger partial charge in [-0.1, -0.05) is 87.9 Å². The highest BCUT2D eigenvalue weighted by atomic mass is 79.9. The molecule has 2 amide bonds. The van der Waals surface area contributed by atoms with Crippen LogP contribution in [0.2, 0.25) is 0 Å². The summed E-state index contributed by atoms with van der Waals surface area (Å²) in [6.45, 7) is 10.9. The van der Waals surface area contributed by atoms with Crippen LogP contribution in [0, 0.1) is 11.8 Å². The van der Waals surface area contributed by atoms with E-state index in [1.165, 1.54) is 24.8 Å². The molecule has 3 rings (SSSR count). The number of benzene rings is 1. The van der Waals surface area contributed by atoms with Crippen LogP contribution in [0.3, 0.4) is 0 Å².